The zero-order valence-corrected chi connectivity index (χ0v) is 7.63. The van der Waals surface area contributed by atoms with Gasteiger partial charge in [0, 0.05) is 0 Å². The molecule has 1 heterocycles. The third kappa shape index (κ3) is 1.39. The molecule has 0 bridgehead atoms. The summed E-state index contributed by atoms with van der Waals surface area (Å²) >= 11 is 0. The predicted molar refractivity (Wildman–Crippen MR) is 49.9 cm³/mol. The average molecular weight is 166 g/mol. The maximum absolute atomic E-state index is 11.4. The molecule has 1 aliphatic rings. The molecule has 1 N–H and O–H groups in total. The molecule has 1 rings (SSSR count). The molecule has 6 heteroatoms. The van der Waals surface area contributed by atoms with Crippen LogP contribution in [0.15, 0.2) is 0 Å². The van der Waals surface area contributed by atoms with Crippen LogP contribution in [0, 0.1) is 0 Å². The first kappa shape index (κ1) is 9.32. The SMILES string of the molecule is CNC(C)N1C(=O)BB(C)C1=O. The van der Waals surface area contributed by atoms with E-state index in [0.29, 0.717) is 7.17 Å². The van der Waals surface area contributed by atoms with Crippen molar-refractivity contribution in [2.45, 2.75) is 19.9 Å². The Bertz CT molecular complexity index is 222. The van der Waals surface area contributed by atoms with Gasteiger partial charge in [-0.2, -0.15) is 0 Å². The lowest BCUT2D eigenvalue weighted by molar-refractivity contribution is 0.197. The lowest BCUT2D eigenvalue weighted by Gasteiger charge is -2.23. The first-order valence-corrected chi connectivity index (χ1v) is 4.11. The van der Waals surface area contributed by atoms with Crippen molar-refractivity contribution in [3.8, 4) is 0 Å². The van der Waals surface area contributed by atoms with Gasteiger partial charge in [-0.15, -0.1) is 0 Å². The van der Waals surface area contributed by atoms with Crippen LogP contribution in [0.1, 0.15) is 6.92 Å². The van der Waals surface area contributed by atoms with Gasteiger partial charge in [0.25, 0.3) is 0 Å². The monoisotopic (exact) mass is 166 g/mol. The quantitative estimate of drug-likeness (QED) is 0.575. The van der Waals surface area contributed by atoms with Crippen LogP contribution in [-0.2, 0) is 0 Å². The highest BCUT2D eigenvalue weighted by Crippen LogP contribution is 2.09. The molecule has 1 fully saturated rings. The van der Waals surface area contributed by atoms with Gasteiger partial charge in [0.05, 0.1) is 6.17 Å². The number of rotatable bonds is 2. The highest BCUT2D eigenvalue weighted by molar-refractivity contribution is 7.39. The molecule has 1 atom stereocenters. The maximum atomic E-state index is 11.4. The van der Waals surface area contributed by atoms with Gasteiger partial charge in [0.2, 0.25) is 13.8 Å². The van der Waals surface area contributed by atoms with Crippen molar-refractivity contribution < 1.29 is 9.59 Å². The van der Waals surface area contributed by atoms with Crippen molar-refractivity contribution in [3.63, 3.8) is 0 Å². The van der Waals surface area contributed by atoms with E-state index in [9.17, 15) is 9.59 Å². The Morgan fingerprint density at radius 2 is 2.17 bits per heavy atom. The van der Waals surface area contributed by atoms with Crippen LogP contribution in [0.3, 0.4) is 0 Å². The molecular formula is C6H12B2N2O2. The Labute approximate surface area is 73.0 Å². The number of carbonyl (C=O) groups excluding carboxylic acids is 2. The number of hydrogen-bond acceptors (Lipinski definition) is 3. The zero-order chi connectivity index (χ0) is 9.30. The molecule has 12 heavy (non-hydrogen) atoms. The topological polar surface area (TPSA) is 49.4 Å². The highest BCUT2D eigenvalue weighted by atomic mass is 16.2. The van der Waals surface area contributed by atoms with E-state index in [0.717, 1.165) is 0 Å². The number of amides is 2. The van der Waals surface area contributed by atoms with E-state index in [1.54, 1.807) is 20.8 Å². The first-order valence-electron chi connectivity index (χ1n) is 4.11. The van der Waals surface area contributed by atoms with Crippen molar-refractivity contribution in [1.29, 1.82) is 0 Å². The lowest BCUT2D eigenvalue weighted by Crippen LogP contribution is -2.45. The molecule has 4 nitrogen and oxygen atoms in total. The maximum Gasteiger partial charge on any atom is 0.226 e. The second-order valence-corrected chi connectivity index (χ2v) is 3.17. The van der Waals surface area contributed by atoms with E-state index in [-0.39, 0.29) is 24.4 Å². The third-order valence-corrected chi connectivity index (χ3v) is 2.21. The van der Waals surface area contributed by atoms with Crippen LogP contribution in [0.2, 0.25) is 6.82 Å². The molecule has 0 radical (unpaired) electrons. The minimum Gasteiger partial charge on any atom is -0.300 e. The van der Waals surface area contributed by atoms with E-state index in [2.05, 4.69) is 5.32 Å². The molecule has 0 aromatic rings. The number of hydrogen-bond donors (Lipinski definition) is 1. The van der Waals surface area contributed by atoms with Gasteiger partial charge in [0.1, 0.15) is 0 Å². The second-order valence-electron chi connectivity index (χ2n) is 3.17. The van der Waals surface area contributed by atoms with Gasteiger partial charge in [-0.25, -0.2) is 0 Å². The Morgan fingerprint density at radius 1 is 1.58 bits per heavy atom. The van der Waals surface area contributed by atoms with E-state index < -0.39 is 0 Å². The highest BCUT2D eigenvalue weighted by Gasteiger charge is 2.40. The third-order valence-electron chi connectivity index (χ3n) is 2.21. The fourth-order valence-electron chi connectivity index (χ4n) is 1.34. The van der Waals surface area contributed by atoms with E-state index in [1.807, 2.05) is 0 Å². The molecule has 1 unspecified atom stereocenters. The summed E-state index contributed by atoms with van der Waals surface area (Å²) in [6.45, 7) is 3.43. The van der Waals surface area contributed by atoms with Gasteiger partial charge in [0.15, 0.2) is 11.6 Å². The molecule has 2 amide bonds. The van der Waals surface area contributed by atoms with Crippen LogP contribution in [-0.4, -0.2) is 43.5 Å². The zero-order valence-electron chi connectivity index (χ0n) is 7.63. The number of nitrogens with one attached hydrogen (secondary N) is 1. The summed E-state index contributed by atoms with van der Waals surface area (Å²) in [6.07, 6.45) is -0.185. The molecule has 1 aliphatic heterocycles. The minimum atomic E-state index is -0.185. The summed E-state index contributed by atoms with van der Waals surface area (Å²) in [6, 6.07) is 0. The summed E-state index contributed by atoms with van der Waals surface area (Å²) in [7, 11) is 2.08. The van der Waals surface area contributed by atoms with E-state index in [4.69, 9.17) is 0 Å². The molecule has 0 aromatic carbocycles. The summed E-state index contributed by atoms with van der Waals surface area (Å²) in [4.78, 5) is 23.9. The standard InChI is InChI=1S/C6H12B2N2O2/c1-4(9-3)10-5(11)7-8(2)6(10)12/h4,7,9H,1-3H3. The van der Waals surface area contributed by atoms with Crippen molar-refractivity contribution in [2.24, 2.45) is 0 Å². The fourth-order valence-corrected chi connectivity index (χ4v) is 1.34. The van der Waals surface area contributed by atoms with Gasteiger partial charge >= 0.3 is 0 Å². The average Bonchev–Trinajstić information content (AvgIpc) is 2.26. The largest absolute Gasteiger partial charge is 0.300 e. The van der Waals surface area contributed by atoms with E-state index in [1.165, 1.54) is 4.90 Å². The number of carbonyl (C=O) groups is 2. The summed E-state index contributed by atoms with van der Waals surface area (Å²) in [5, 5.41) is 2.87. The van der Waals surface area contributed by atoms with Crippen LogP contribution in [0.4, 0.5) is 9.59 Å². The Morgan fingerprint density at radius 3 is 2.50 bits per heavy atom. The van der Waals surface area contributed by atoms with Gasteiger partial charge in [-0.1, -0.05) is 6.82 Å². The van der Waals surface area contributed by atoms with Gasteiger partial charge < -0.3 is 5.32 Å². The summed E-state index contributed by atoms with van der Waals surface area (Å²) in [5.41, 5.74) is 0. The minimum absolute atomic E-state index is 0.0677. The Hall–Kier alpha value is -0.770. The molecule has 64 valence electrons. The van der Waals surface area contributed by atoms with Crippen molar-refractivity contribution in [1.82, 2.24) is 10.2 Å². The normalized spacial score (nSPS) is 19.9. The molecule has 0 aliphatic carbocycles. The fraction of sp³-hybridized carbons (Fsp3) is 0.667. The Balaban J connectivity index is 2.76. The van der Waals surface area contributed by atoms with Crippen molar-refractivity contribution in [2.75, 3.05) is 7.05 Å². The smallest absolute Gasteiger partial charge is 0.226 e. The molecule has 0 saturated carbocycles. The van der Waals surface area contributed by atoms with Crippen LogP contribution >= 0.6 is 0 Å². The van der Waals surface area contributed by atoms with Gasteiger partial charge in [-0.05, 0) is 14.0 Å². The van der Waals surface area contributed by atoms with Crippen molar-refractivity contribution in [3.05, 3.63) is 0 Å². The van der Waals surface area contributed by atoms with Crippen molar-refractivity contribution >= 4 is 25.4 Å². The molecule has 0 aromatic heterocycles. The predicted octanol–water partition coefficient (Wildman–Crippen LogP) is -0.253. The molecular weight excluding hydrogens is 154 g/mol. The number of imide groups is 1. The van der Waals surface area contributed by atoms with Crippen LogP contribution in [0.25, 0.3) is 0 Å². The first-order chi connectivity index (χ1) is 5.57. The Kier molecular flexibility index (Phi) is 2.57. The van der Waals surface area contributed by atoms with Gasteiger partial charge in [-0.3, -0.25) is 14.5 Å². The lowest BCUT2D eigenvalue weighted by atomic mass is 9.24. The molecule has 1 saturated heterocycles. The number of nitrogens with zero attached hydrogens (tertiary/aromatic N) is 1. The summed E-state index contributed by atoms with van der Waals surface area (Å²) in [5.74, 6) is -0.142. The second kappa shape index (κ2) is 3.31. The van der Waals surface area contributed by atoms with E-state index >= 15 is 0 Å². The van der Waals surface area contributed by atoms with Crippen LogP contribution in [0.5, 0.6) is 0 Å². The molecule has 0 spiro atoms. The van der Waals surface area contributed by atoms with Crippen LogP contribution < -0.4 is 5.32 Å². The summed E-state index contributed by atoms with van der Waals surface area (Å²) < 4.78 is 0.